The number of ether oxygens (including phenoxy) is 3. The Labute approximate surface area is 133 Å². The van der Waals surface area contributed by atoms with Crippen molar-refractivity contribution in [3.8, 4) is 11.5 Å². The van der Waals surface area contributed by atoms with Crippen LogP contribution in [-0.2, 0) is 11.3 Å². The smallest absolute Gasteiger partial charge is 0.339 e. The number of fused-ring (bicyclic) bond motifs is 2. The highest BCUT2D eigenvalue weighted by molar-refractivity contribution is 6.04. The van der Waals surface area contributed by atoms with Crippen LogP contribution in [0.1, 0.15) is 15.9 Å². The average Bonchev–Trinajstić information content (AvgIpc) is 3.07. The molecule has 1 aliphatic rings. The average molecular weight is 306 g/mol. The summed E-state index contributed by atoms with van der Waals surface area (Å²) in [6.07, 6.45) is 0. The molecule has 0 fully saturated rings. The van der Waals surface area contributed by atoms with Crippen LogP contribution in [0.3, 0.4) is 0 Å². The Hall–Kier alpha value is -3.01. The van der Waals surface area contributed by atoms with Crippen LogP contribution in [0.25, 0.3) is 10.8 Å². The fraction of sp³-hybridized carbons (Fsp3) is 0.105. The predicted octanol–water partition coefficient (Wildman–Crippen LogP) is 3.93. The zero-order chi connectivity index (χ0) is 15.6. The van der Waals surface area contributed by atoms with E-state index in [1.54, 1.807) is 6.07 Å². The number of benzene rings is 3. The van der Waals surface area contributed by atoms with Crippen molar-refractivity contribution in [3.05, 3.63) is 71.8 Å². The lowest BCUT2D eigenvalue weighted by Crippen LogP contribution is -2.05. The van der Waals surface area contributed by atoms with E-state index in [4.69, 9.17) is 14.2 Å². The van der Waals surface area contributed by atoms with Gasteiger partial charge in [-0.2, -0.15) is 0 Å². The van der Waals surface area contributed by atoms with Crippen molar-refractivity contribution in [1.82, 2.24) is 0 Å². The molecule has 0 unspecified atom stereocenters. The molecule has 0 N–H and O–H groups in total. The molecule has 1 heterocycles. The number of hydrogen-bond donors (Lipinski definition) is 0. The maximum absolute atomic E-state index is 12.4. The molecule has 3 aromatic carbocycles. The van der Waals surface area contributed by atoms with Gasteiger partial charge in [0.1, 0.15) is 6.61 Å². The summed E-state index contributed by atoms with van der Waals surface area (Å²) >= 11 is 0. The Morgan fingerprint density at radius 1 is 0.957 bits per heavy atom. The van der Waals surface area contributed by atoms with Gasteiger partial charge in [-0.3, -0.25) is 0 Å². The molecule has 0 saturated carbocycles. The number of hydrogen-bond acceptors (Lipinski definition) is 4. The van der Waals surface area contributed by atoms with Crippen LogP contribution >= 0.6 is 0 Å². The summed E-state index contributed by atoms with van der Waals surface area (Å²) in [5.74, 6) is 1.07. The van der Waals surface area contributed by atoms with E-state index in [1.807, 2.05) is 54.6 Å². The summed E-state index contributed by atoms with van der Waals surface area (Å²) in [6.45, 7) is 0.424. The first kappa shape index (κ1) is 13.6. The minimum absolute atomic E-state index is 0.193. The maximum atomic E-state index is 12.4. The summed E-state index contributed by atoms with van der Waals surface area (Å²) in [5, 5.41) is 1.91. The topological polar surface area (TPSA) is 44.8 Å². The minimum atomic E-state index is -0.334. The molecule has 114 valence electrons. The first-order chi connectivity index (χ1) is 11.3. The van der Waals surface area contributed by atoms with Gasteiger partial charge >= 0.3 is 5.97 Å². The number of esters is 1. The summed E-state index contributed by atoms with van der Waals surface area (Å²) in [7, 11) is 0. The van der Waals surface area contributed by atoms with Crippen molar-refractivity contribution < 1.29 is 19.0 Å². The highest BCUT2D eigenvalue weighted by atomic mass is 16.7. The Kier molecular flexibility index (Phi) is 3.35. The summed E-state index contributed by atoms with van der Waals surface area (Å²) in [6, 6.07) is 18.9. The van der Waals surface area contributed by atoms with E-state index < -0.39 is 0 Å². The highest BCUT2D eigenvalue weighted by Crippen LogP contribution is 2.32. The molecule has 0 amide bonds. The first-order valence-electron chi connectivity index (χ1n) is 7.35. The highest BCUT2D eigenvalue weighted by Gasteiger charge is 2.15. The second-order valence-electron chi connectivity index (χ2n) is 5.29. The lowest BCUT2D eigenvalue weighted by molar-refractivity contribution is 0.0475. The molecular weight excluding hydrogens is 292 g/mol. The van der Waals surface area contributed by atoms with Crippen LogP contribution in [0.4, 0.5) is 0 Å². The SMILES string of the molecule is O=C(OCc1ccc2c(c1)OCO2)c1cccc2ccccc12. The van der Waals surface area contributed by atoms with Crippen molar-refractivity contribution in [3.63, 3.8) is 0 Å². The largest absolute Gasteiger partial charge is 0.457 e. The van der Waals surface area contributed by atoms with Gasteiger partial charge in [0, 0.05) is 0 Å². The number of rotatable bonds is 3. The van der Waals surface area contributed by atoms with E-state index in [9.17, 15) is 4.79 Å². The van der Waals surface area contributed by atoms with E-state index in [2.05, 4.69) is 0 Å². The molecule has 0 radical (unpaired) electrons. The van der Waals surface area contributed by atoms with Crippen molar-refractivity contribution in [1.29, 1.82) is 0 Å². The molecule has 1 aliphatic heterocycles. The summed E-state index contributed by atoms with van der Waals surface area (Å²) < 4.78 is 16.0. The van der Waals surface area contributed by atoms with Gasteiger partial charge < -0.3 is 14.2 Å². The lowest BCUT2D eigenvalue weighted by atomic mass is 10.0. The van der Waals surface area contributed by atoms with Crippen molar-refractivity contribution in [2.75, 3.05) is 6.79 Å². The van der Waals surface area contributed by atoms with Gasteiger partial charge in [-0.15, -0.1) is 0 Å². The van der Waals surface area contributed by atoms with Gasteiger partial charge in [-0.05, 0) is 34.5 Å². The van der Waals surface area contributed by atoms with Gasteiger partial charge in [-0.25, -0.2) is 4.79 Å². The second-order valence-corrected chi connectivity index (χ2v) is 5.29. The van der Waals surface area contributed by atoms with Gasteiger partial charge in [0.2, 0.25) is 6.79 Å². The third-order valence-corrected chi connectivity index (χ3v) is 3.82. The zero-order valence-corrected chi connectivity index (χ0v) is 12.3. The monoisotopic (exact) mass is 306 g/mol. The van der Waals surface area contributed by atoms with Gasteiger partial charge in [0.05, 0.1) is 5.56 Å². The van der Waals surface area contributed by atoms with E-state index in [0.29, 0.717) is 17.1 Å². The van der Waals surface area contributed by atoms with Crippen LogP contribution in [-0.4, -0.2) is 12.8 Å². The van der Waals surface area contributed by atoms with Crippen molar-refractivity contribution >= 4 is 16.7 Å². The zero-order valence-electron chi connectivity index (χ0n) is 12.3. The molecule has 4 rings (SSSR count). The molecule has 23 heavy (non-hydrogen) atoms. The normalized spacial score (nSPS) is 12.3. The third-order valence-electron chi connectivity index (χ3n) is 3.82. The molecule has 0 saturated heterocycles. The Morgan fingerprint density at radius 2 is 1.78 bits per heavy atom. The minimum Gasteiger partial charge on any atom is -0.457 e. The van der Waals surface area contributed by atoms with Crippen molar-refractivity contribution in [2.45, 2.75) is 6.61 Å². The maximum Gasteiger partial charge on any atom is 0.339 e. The van der Waals surface area contributed by atoms with E-state index >= 15 is 0 Å². The Balaban J connectivity index is 1.53. The Bertz CT molecular complexity index is 880. The van der Waals surface area contributed by atoms with Gasteiger partial charge in [0.25, 0.3) is 0 Å². The van der Waals surface area contributed by atoms with Crippen molar-refractivity contribution in [2.24, 2.45) is 0 Å². The summed E-state index contributed by atoms with van der Waals surface area (Å²) in [5.41, 5.74) is 1.44. The molecule has 0 atom stereocenters. The molecule has 0 aromatic heterocycles. The number of carbonyl (C=O) groups excluding carboxylic acids is 1. The molecule has 4 nitrogen and oxygen atoms in total. The quantitative estimate of drug-likeness (QED) is 0.688. The van der Waals surface area contributed by atoms with Crippen LogP contribution in [0.15, 0.2) is 60.7 Å². The molecule has 3 aromatic rings. The van der Waals surface area contributed by atoms with Crippen LogP contribution in [0, 0.1) is 0 Å². The van der Waals surface area contributed by atoms with E-state index in [-0.39, 0.29) is 19.4 Å². The molecule has 4 heteroatoms. The molecule has 0 bridgehead atoms. The first-order valence-corrected chi connectivity index (χ1v) is 7.35. The standard InChI is InChI=1S/C19H14O4/c20-19(16-7-3-5-14-4-1-2-6-15(14)16)21-11-13-8-9-17-18(10-13)23-12-22-17/h1-10H,11-12H2. The van der Waals surface area contributed by atoms with E-state index in [1.165, 1.54) is 0 Å². The summed E-state index contributed by atoms with van der Waals surface area (Å²) in [4.78, 5) is 12.4. The van der Waals surface area contributed by atoms with Crippen LogP contribution < -0.4 is 9.47 Å². The fourth-order valence-electron chi connectivity index (χ4n) is 2.66. The second kappa shape index (κ2) is 5.65. The molecule has 0 aliphatic carbocycles. The Morgan fingerprint density at radius 3 is 2.74 bits per heavy atom. The number of carbonyl (C=O) groups is 1. The fourth-order valence-corrected chi connectivity index (χ4v) is 2.66. The molecule has 0 spiro atoms. The van der Waals surface area contributed by atoms with E-state index in [0.717, 1.165) is 16.3 Å². The van der Waals surface area contributed by atoms with Crippen LogP contribution in [0.2, 0.25) is 0 Å². The predicted molar refractivity (Wildman–Crippen MR) is 85.6 cm³/mol. The van der Waals surface area contributed by atoms with Gasteiger partial charge in [-0.1, -0.05) is 42.5 Å². The third kappa shape index (κ3) is 2.59. The van der Waals surface area contributed by atoms with Crippen LogP contribution in [0.5, 0.6) is 11.5 Å². The molecular formula is C19H14O4. The lowest BCUT2D eigenvalue weighted by Gasteiger charge is -2.08. The van der Waals surface area contributed by atoms with Gasteiger partial charge in [0.15, 0.2) is 11.5 Å².